The molecule has 0 bridgehead atoms. The number of rotatable bonds is 2. The second-order valence-electron chi connectivity index (χ2n) is 5.17. The van der Waals surface area contributed by atoms with Gasteiger partial charge in [0.25, 0.3) is 0 Å². The minimum atomic E-state index is -4.37. The summed E-state index contributed by atoms with van der Waals surface area (Å²) in [5.41, 5.74) is -0.0315. The molecule has 21 heavy (non-hydrogen) atoms. The zero-order chi connectivity index (χ0) is 15.6. The average Bonchev–Trinajstić information content (AvgIpc) is 2.45. The molecule has 0 aliphatic carbocycles. The third-order valence-electron chi connectivity index (χ3n) is 3.87. The molecule has 1 amide bonds. The predicted octanol–water partition coefficient (Wildman–Crippen LogP) is 2.92. The van der Waals surface area contributed by atoms with Crippen molar-refractivity contribution in [3.05, 3.63) is 35.4 Å². The van der Waals surface area contributed by atoms with Crippen molar-refractivity contribution in [1.82, 2.24) is 4.90 Å². The lowest BCUT2D eigenvalue weighted by Crippen LogP contribution is -2.47. The molecule has 2 rings (SSSR count). The Hall–Kier alpha value is -1.76. The Balaban J connectivity index is 2.14. The number of nitrogens with zero attached hydrogens (tertiary/aromatic N) is 1. The molecule has 7 heteroatoms. The van der Waals surface area contributed by atoms with Crippen LogP contribution < -0.4 is 0 Å². The number of hydrogen-bond acceptors (Lipinski definition) is 2. The Kier molecular flexibility index (Phi) is 4.41. The zero-order valence-corrected chi connectivity index (χ0v) is 11.2. The van der Waals surface area contributed by atoms with Crippen LogP contribution in [0.1, 0.15) is 29.9 Å². The number of aliphatic hydroxyl groups is 1. The van der Waals surface area contributed by atoms with E-state index >= 15 is 0 Å². The Labute approximate surface area is 119 Å². The van der Waals surface area contributed by atoms with E-state index in [1.165, 1.54) is 12.1 Å². The summed E-state index contributed by atoms with van der Waals surface area (Å²) in [6, 6.07) is 4.38. The minimum Gasteiger partial charge on any atom is -0.465 e. The maximum Gasteiger partial charge on any atom is 0.416 e. The van der Waals surface area contributed by atoms with E-state index in [4.69, 9.17) is 10.2 Å². The van der Waals surface area contributed by atoms with Gasteiger partial charge >= 0.3 is 12.3 Å². The normalized spacial score (nSPS) is 23.1. The topological polar surface area (TPSA) is 60.8 Å². The van der Waals surface area contributed by atoms with Crippen LogP contribution in [0, 0.1) is 0 Å². The van der Waals surface area contributed by atoms with E-state index in [9.17, 15) is 18.0 Å². The molecule has 2 N–H and O–H groups in total. The van der Waals surface area contributed by atoms with Gasteiger partial charge in [-0.3, -0.25) is 0 Å². The molecule has 1 saturated heterocycles. The van der Waals surface area contributed by atoms with Gasteiger partial charge in [0.2, 0.25) is 0 Å². The molecule has 1 aromatic carbocycles. The molecule has 4 nitrogen and oxygen atoms in total. The summed E-state index contributed by atoms with van der Waals surface area (Å²) in [5, 5.41) is 18.3. The van der Waals surface area contributed by atoms with Crippen LogP contribution in [0.25, 0.3) is 0 Å². The predicted molar refractivity (Wildman–Crippen MR) is 69.0 cm³/mol. The van der Waals surface area contributed by atoms with E-state index < -0.39 is 23.9 Å². The summed E-state index contributed by atoms with van der Waals surface area (Å²) in [6.45, 7) is -0.0576. The number of halogens is 3. The minimum absolute atomic E-state index is 0.147. The van der Waals surface area contributed by atoms with Gasteiger partial charge in [-0.2, -0.15) is 13.2 Å². The lowest BCUT2D eigenvalue weighted by Gasteiger charge is -2.37. The van der Waals surface area contributed by atoms with Gasteiger partial charge in [0, 0.05) is 12.5 Å². The third-order valence-corrected chi connectivity index (χ3v) is 3.87. The molecule has 0 spiro atoms. The van der Waals surface area contributed by atoms with Gasteiger partial charge in [0.05, 0.1) is 18.2 Å². The van der Waals surface area contributed by atoms with Crippen molar-refractivity contribution in [3.8, 4) is 0 Å². The van der Waals surface area contributed by atoms with Crippen LogP contribution in [-0.4, -0.2) is 40.4 Å². The molecule has 116 valence electrons. The van der Waals surface area contributed by atoms with E-state index in [0.29, 0.717) is 18.4 Å². The molecule has 1 aromatic rings. The van der Waals surface area contributed by atoms with Gasteiger partial charge < -0.3 is 15.1 Å². The highest BCUT2D eigenvalue weighted by molar-refractivity contribution is 5.65. The first-order valence-corrected chi connectivity index (χ1v) is 6.60. The van der Waals surface area contributed by atoms with Crippen LogP contribution in [0.5, 0.6) is 0 Å². The van der Waals surface area contributed by atoms with Gasteiger partial charge in [0.15, 0.2) is 0 Å². The summed E-state index contributed by atoms with van der Waals surface area (Å²) in [4.78, 5) is 12.3. The van der Waals surface area contributed by atoms with Crippen molar-refractivity contribution in [1.29, 1.82) is 0 Å². The Bertz CT molecular complexity index is 501. The van der Waals surface area contributed by atoms with E-state index in [-0.39, 0.29) is 19.1 Å². The first-order valence-electron chi connectivity index (χ1n) is 6.60. The molecule has 1 heterocycles. The van der Waals surface area contributed by atoms with Crippen LogP contribution in [0.3, 0.4) is 0 Å². The van der Waals surface area contributed by atoms with Crippen molar-refractivity contribution in [2.75, 3.05) is 13.2 Å². The summed E-state index contributed by atoms with van der Waals surface area (Å²) in [5.74, 6) is -0.147. The highest BCUT2D eigenvalue weighted by Gasteiger charge is 2.33. The van der Waals surface area contributed by atoms with E-state index in [1.54, 1.807) is 0 Å². The molecular weight excluding hydrogens is 287 g/mol. The molecular formula is C14H16F3NO3. The van der Waals surface area contributed by atoms with Crippen LogP contribution in [0.4, 0.5) is 18.0 Å². The maximum atomic E-state index is 12.5. The number of hydrogen-bond donors (Lipinski definition) is 2. The fraction of sp³-hybridized carbons (Fsp3) is 0.500. The van der Waals surface area contributed by atoms with Crippen molar-refractivity contribution in [2.24, 2.45) is 0 Å². The number of likely N-dealkylation sites (tertiary alicyclic amines) is 1. The smallest absolute Gasteiger partial charge is 0.416 e. The van der Waals surface area contributed by atoms with Crippen molar-refractivity contribution < 1.29 is 28.2 Å². The monoisotopic (exact) mass is 303 g/mol. The lowest BCUT2D eigenvalue weighted by molar-refractivity contribution is -0.137. The second kappa shape index (κ2) is 5.93. The number of aliphatic hydroxyl groups excluding tert-OH is 1. The Morgan fingerprint density at radius 1 is 1.24 bits per heavy atom. The standard InChI is InChI=1S/C14H16F3NO3/c15-14(16,17)11-4-1-9(2-5-11)10-3-6-12(8-19)18(7-10)13(20)21/h1-2,4-5,10,12,19H,3,6-8H2,(H,20,21)/t10?,12-/m0/s1. The maximum absolute atomic E-state index is 12.5. The quantitative estimate of drug-likeness (QED) is 0.883. The van der Waals surface area contributed by atoms with E-state index in [2.05, 4.69) is 0 Å². The summed E-state index contributed by atoms with van der Waals surface area (Å²) in [7, 11) is 0. The van der Waals surface area contributed by atoms with Crippen molar-refractivity contribution >= 4 is 6.09 Å². The molecule has 0 aromatic heterocycles. The summed E-state index contributed by atoms with van der Waals surface area (Å²) in [6.07, 6.45) is -4.36. The van der Waals surface area contributed by atoms with Gasteiger partial charge in [-0.1, -0.05) is 12.1 Å². The van der Waals surface area contributed by atoms with Crippen LogP contribution in [-0.2, 0) is 6.18 Å². The number of amides is 1. The fourth-order valence-corrected chi connectivity index (χ4v) is 2.67. The number of piperidine rings is 1. The van der Waals surface area contributed by atoms with Crippen molar-refractivity contribution in [2.45, 2.75) is 31.0 Å². The zero-order valence-electron chi connectivity index (χ0n) is 11.2. The average molecular weight is 303 g/mol. The lowest BCUT2D eigenvalue weighted by atomic mass is 9.87. The van der Waals surface area contributed by atoms with Crippen molar-refractivity contribution in [3.63, 3.8) is 0 Å². The molecule has 1 unspecified atom stereocenters. The number of carboxylic acid groups (broad SMARTS) is 1. The fourth-order valence-electron chi connectivity index (χ4n) is 2.67. The van der Waals surface area contributed by atoms with Gasteiger partial charge in [-0.05, 0) is 30.5 Å². The van der Waals surface area contributed by atoms with Crippen LogP contribution in [0.15, 0.2) is 24.3 Å². The Morgan fingerprint density at radius 3 is 2.33 bits per heavy atom. The van der Waals surface area contributed by atoms with E-state index in [1.807, 2.05) is 0 Å². The van der Waals surface area contributed by atoms with Crippen LogP contribution >= 0.6 is 0 Å². The number of benzene rings is 1. The molecule has 0 radical (unpaired) electrons. The molecule has 2 atom stereocenters. The van der Waals surface area contributed by atoms with E-state index in [0.717, 1.165) is 17.0 Å². The highest BCUT2D eigenvalue weighted by Crippen LogP contribution is 2.33. The highest BCUT2D eigenvalue weighted by atomic mass is 19.4. The molecule has 1 aliphatic rings. The molecule has 0 saturated carbocycles. The number of alkyl halides is 3. The van der Waals surface area contributed by atoms with Gasteiger partial charge in [-0.25, -0.2) is 4.79 Å². The summed E-state index contributed by atoms with van der Waals surface area (Å²) < 4.78 is 37.5. The molecule has 1 aliphatic heterocycles. The third kappa shape index (κ3) is 3.47. The largest absolute Gasteiger partial charge is 0.465 e. The summed E-state index contributed by atoms with van der Waals surface area (Å²) >= 11 is 0. The second-order valence-corrected chi connectivity index (χ2v) is 5.17. The van der Waals surface area contributed by atoms with Crippen LogP contribution in [0.2, 0.25) is 0 Å². The SMILES string of the molecule is O=C(O)N1CC(c2ccc(C(F)(F)F)cc2)CC[C@H]1CO. The van der Waals surface area contributed by atoms with Gasteiger partial charge in [-0.15, -0.1) is 0 Å². The first kappa shape index (κ1) is 15.6. The first-order chi connectivity index (χ1) is 9.82. The Morgan fingerprint density at radius 2 is 1.86 bits per heavy atom. The molecule has 1 fully saturated rings. The number of carbonyl (C=O) groups is 1. The van der Waals surface area contributed by atoms with Gasteiger partial charge in [0.1, 0.15) is 0 Å².